The van der Waals surface area contributed by atoms with Gasteiger partial charge in [-0.05, 0) is 36.3 Å². The summed E-state index contributed by atoms with van der Waals surface area (Å²) in [6.07, 6.45) is 5.59. The fourth-order valence-electron chi connectivity index (χ4n) is 2.52. The van der Waals surface area contributed by atoms with Crippen LogP contribution in [0.4, 0.5) is 5.69 Å². The third kappa shape index (κ3) is 4.44. The van der Waals surface area contributed by atoms with E-state index in [0.29, 0.717) is 35.1 Å². The summed E-state index contributed by atoms with van der Waals surface area (Å²) in [7, 11) is 1.60. The molecular formula is C20H20N2O5. The number of oxazole rings is 1. The van der Waals surface area contributed by atoms with E-state index in [1.54, 1.807) is 19.3 Å². The normalized spacial score (nSPS) is 11.2. The van der Waals surface area contributed by atoms with Crippen molar-refractivity contribution in [3.05, 3.63) is 58.0 Å². The van der Waals surface area contributed by atoms with Crippen LogP contribution in [0.15, 0.2) is 40.8 Å². The van der Waals surface area contributed by atoms with E-state index in [-0.39, 0.29) is 5.69 Å². The topological polar surface area (TPSA) is 87.6 Å². The molecule has 0 radical (unpaired) electrons. The molecule has 0 aliphatic carbocycles. The number of non-ortho nitro benzene ring substituents is 1. The first kappa shape index (κ1) is 18.4. The first-order chi connectivity index (χ1) is 13.1. The van der Waals surface area contributed by atoms with Crippen LogP contribution in [-0.4, -0.2) is 23.6 Å². The van der Waals surface area contributed by atoms with Crippen molar-refractivity contribution in [1.82, 2.24) is 4.98 Å². The number of methoxy groups -OCH3 is 1. The maximum atomic E-state index is 10.8. The minimum absolute atomic E-state index is 0.0188. The Morgan fingerprint density at radius 3 is 2.78 bits per heavy atom. The van der Waals surface area contributed by atoms with Gasteiger partial charge in [-0.1, -0.05) is 19.4 Å². The molecule has 3 rings (SSSR count). The van der Waals surface area contributed by atoms with Crippen molar-refractivity contribution in [1.29, 1.82) is 0 Å². The number of ether oxygens (including phenoxy) is 2. The smallest absolute Gasteiger partial charge is 0.271 e. The average Bonchev–Trinajstić information content (AvgIpc) is 3.09. The van der Waals surface area contributed by atoms with Crippen molar-refractivity contribution in [2.75, 3.05) is 13.7 Å². The standard InChI is InChI=1S/C20H20N2O5/c1-3-4-11-26-18-8-5-14(12-19(18)25-2)6-10-20-21-16-13-15(22(23)24)7-9-17(16)27-20/h5-10,12-13H,3-4,11H2,1-2H3/b10-6+. The first-order valence-corrected chi connectivity index (χ1v) is 8.64. The lowest BCUT2D eigenvalue weighted by Gasteiger charge is -2.10. The molecule has 140 valence electrons. The zero-order valence-corrected chi connectivity index (χ0v) is 15.2. The molecule has 0 unspecified atom stereocenters. The summed E-state index contributed by atoms with van der Waals surface area (Å²) in [5.41, 5.74) is 1.82. The summed E-state index contributed by atoms with van der Waals surface area (Å²) in [4.78, 5) is 14.7. The number of fused-ring (bicyclic) bond motifs is 1. The van der Waals surface area contributed by atoms with E-state index in [0.717, 1.165) is 18.4 Å². The highest BCUT2D eigenvalue weighted by Gasteiger charge is 2.10. The Bertz CT molecular complexity index is 978. The third-order valence-corrected chi connectivity index (χ3v) is 3.96. The molecule has 1 heterocycles. The van der Waals surface area contributed by atoms with Crippen molar-refractivity contribution in [3.8, 4) is 11.5 Å². The molecule has 0 aliphatic heterocycles. The molecule has 0 spiro atoms. The van der Waals surface area contributed by atoms with Crippen molar-refractivity contribution in [3.63, 3.8) is 0 Å². The van der Waals surface area contributed by atoms with Gasteiger partial charge in [-0.25, -0.2) is 4.98 Å². The van der Waals surface area contributed by atoms with Crippen molar-refractivity contribution in [2.24, 2.45) is 0 Å². The van der Waals surface area contributed by atoms with Crippen LogP contribution in [0.1, 0.15) is 31.2 Å². The Labute approximate surface area is 156 Å². The number of benzene rings is 2. The van der Waals surface area contributed by atoms with Gasteiger partial charge in [-0.15, -0.1) is 0 Å². The van der Waals surface area contributed by atoms with Gasteiger partial charge in [-0.3, -0.25) is 10.1 Å². The molecule has 0 amide bonds. The first-order valence-electron chi connectivity index (χ1n) is 8.64. The molecule has 0 saturated heterocycles. The van der Waals surface area contributed by atoms with Gasteiger partial charge < -0.3 is 13.9 Å². The van der Waals surface area contributed by atoms with Crippen LogP contribution in [0.25, 0.3) is 23.3 Å². The maximum absolute atomic E-state index is 10.8. The highest BCUT2D eigenvalue weighted by molar-refractivity contribution is 5.78. The fraction of sp³-hybridized carbons (Fsp3) is 0.250. The predicted octanol–water partition coefficient (Wildman–Crippen LogP) is 5.09. The maximum Gasteiger partial charge on any atom is 0.271 e. The van der Waals surface area contributed by atoms with E-state index in [4.69, 9.17) is 13.9 Å². The van der Waals surface area contributed by atoms with E-state index in [2.05, 4.69) is 11.9 Å². The number of rotatable bonds is 8. The Morgan fingerprint density at radius 1 is 1.19 bits per heavy atom. The molecule has 0 bridgehead atoms. The van der Waals surface area contributed by atoms with Crippen LogP contribution in [0.2, 0.25) is 0 Å². The lowest BCUT2D eigenvalue weighted by molar-refractivity contribution is -0.384. The lowest BCUT2D eigenvalue weighted by Crippen LogP contribution is -1.98. The van der Waals surface area contributed by atoms with Crippen LogP contribution < -0.4 is 9.47 Å². The average molecular weight is 368 g/mol. The molecule has 27 heavy (non-hydrogen) atoms. The van der Waals surface area contributed by atoms with Gasteiger partial charge in [0.25, 0.3) is 5.69 Å². The van der Waals surface area contributed by atoms with Gasteiger partial charge >= 0.3 is 0 Å². The monoisotopic (exact) mass is 368 g/mol. The highest BCUT2D eigenvalue weighted by Crippen LogP contribution is 2.29. The van der Waals surface area contributed by atoms with Gasteiger partial charge in [0.1, 0.15) is 5.52 Å². The second kappa shape index (κ2) is 8.35. The minimum atomic E-state index is -0.458. The zero-order valence-electron chi connectivity index (χ0n) is 15.2. The second-order valence-corrected chi connectivity index (χ2v) is 5.91. The van der Waals surface area contributed by atoms with Crippen LogP contribution in [-0.2, 0) is 0 Å². The van der Waals surface area contributed by atoms with Gasteiger partial charge in [0, 0.05) is 18.2 Å². The number of aromatic nitrogens is 1. The number of unbranched alkanes of at least 4 members (excludes halogenated alkanes) is 1. The number of hydrogen-bond donors (Lipinski definition) is 0. The summed E-state index contributed by atoms with van der Waals surface area (Å²) in [5.74, 6) is 1.73. The van der Waals surface area contributed by atoms with E-state index >= 15 is 0 Å². The summed E-state index contributed by atoms with van der Waals surface area (Å²) < 4.78 is 16.7. The second-order valence-electron chi connectivity index (χ2n) is 5.91. The molecule has 1 aromatic heterocycles. The lowest BCUT2D eigenvalue weighted by atomic mass is 10.2. The van der Waals surface area contributed by atoms with Crippen LogP contribution >= 0.6 is 0 Å². The van der Waals surface area contributed by atoms with Crippen molar-refractivity contribution in [2.45, 2.75) is 19.8 Å². The number of nitro groups is 1. The van der Waals surface area contributed by atoms with Crippen LogP contribution in [0.3, 0.4) is 0 Å². The van der Waals surface area contributed by atoms with E-state index in [1.807, 2.05) is 24.3 Å². The molecule has 7 heteroatoms. The van der Waals surface area contributed by atoms with Gasteiger partial charge in [0.2, 0.25) is 5.89 Å². The third-order valence-electron chi connectivity index (χ3n) is 3.96. The summed E-state index contributed by atoms with van der Waals surface area (Å²) in [6.45, 7) is 2.76. The van der Waals surface area contributed by atoms with Gasteiger partial charge in [-0.2, -0.15) is 0 Å². The molecule has 0 fully saturated rings. The Kier molecular flexibility index (Phi) is 5.71. The molecule has 0 N–H and O–H groups in total. The summed E-state index contributed by atoms with van der Waals surface area (Å²) >= 11 is 0. The van der Waals surface area contributed by atoms with Gasteiger partial charge in [0.05, 0.1) is 18.6 Å². The Hall–Kier alpha value is -3.35. The SMILES string of the molecule is CCCCOc1ccc(/C=C/c2nc3cc([N+](=O)[O-])ccc3o2)cc1OC. The molecule has 2 aromatic carbocycles. The molecule has 7 nitrogen and oxygen atoms in total. The van der Waals surface area contributed by atoms with Gasteiger partial charge in [0.15, 0.2) is 17.1 Å². The van der Waals surface area contributed by atoms with Crippen molar-refractivity contribution < 1.29 is 18.8 Å². The van der Waals surface area contributed by atoms with Crippen LogP contribution in [0.5, 0.6) is 11.5 Å². The van der Waals surface area contributed by atoms with Crippen LogP contribution in [0, 0.1) is 10.1 Å². The summed E-state index contributed by atoms with van der Waals surface area (Å²) in [6, 6.07) is 9.97. The Balaban J connectivity index is 1.78. The molecule has 0 aliphatic rings. The van der Waals surface area contributed by atoms with E-state index in [9.17, 15) is 10.1 Å². The molecule has 0 saturated carbocycles. The highest BCUT2D eigenvalue weighted by atomic mass is 16.6. The number of hydrogen-bond acceptors (Lipinski definition) is 6. The Morgan fingerprint density at radius 2 is 2.04 bits per heavy atom. The van der Waals surface area contributed by atoms with E-state index in [1.165, 1.54) is 12.1 Å². The molecule has 3 aromatic rings. The zero-order chi connectivity index (χ0) is 19.2. The molecule has 0 atom stereocenters. The quantitative estimate of drug-likeness (QED) is 0.312. The van der Waals surface area contributed by atoms with Crippen molar-refractivity contribution >= 4 is 28.9 Å². The molecular weight excluding hydrogens is 348 g/mol. The summed E-state index contributed by atoms with van der Waals surface area (Å²) in [5, 5.41) is 10.8. The number of nitrogens with zero attached hydrogens (tertiary/aromatic N) is 2. The minimum Gasteiger partial charge on any atom is -0.493 e. The predicted molar refractivity (Wildman–Crippen MR) is 103 cm³/mol. The largest absolute Gasteiger partial charge is 0.493 e. The fourth-order valence-corrected chi connectivity index (χ4v) is 2.52. The van der Waals surface area contributed by atoms with E-state index < -0.39 is 4.92 Å². The number of nitro benzene ring substituents is 1.